The van der Waals surface area contributed by atoms with Gasteiger partial charge >= 0.3 is 0 Å². The quantitative estimate of drug-likeness (QED) is 0.598. The SMILES string of the molecule is Cc1cc(C)n(-c2ccc(=O)n(CCN3CCN(c4ncc(C5CC5)cn4)CC3)n2)n1. The normalized spacial score (nSPS) is 17.3. The van der Waals surface area contributed by atoms with Gasteiger partial charge in [0.2, 0.25) is 5.95 Å². The van der Waals surface area contributed by atoms with Gasteiger partial charge in [-0.2, -0.15) is 5.10 Å². The molecule has 162 valence electrons. The van der Waals surface area contributed by atoms with Gasteiger partial charge in [0.15, 0.2) is 5.82 Å². The van der Waals surface area contributed by atoms with Crippen LogP contribution in [0.2, 0.25) is 0 Å². The fourth-order valence-corrected chi connectivity index (χ4v) is 4.10. The molecule has 0 radical (unpaired) electrons. The van der Waals surface area contributed by atoms with Crippen LogP contribution in [0.25, 0.3) is 5.82 Å². The molecule has 2 aliphatic rings. The predicted octanol–water partition coefficient (Wildman–Crippen LogP) is 1.54. The molecule has 3 aromatic heterocycles. The van der Waals surface area contributed by atoms with E-state index in [1.807, 2.05) is 32.3 Å². The number of nitrogens with zero attached hydrogens (tertiary/aromatic N) is 8. The molecule has 0 spiro atoms. The zero-order valence-electron chi connectivity index (χ0n) is 18.1. The van der Waals surface area contributed by atoms with Crippen LogP contribution in [0.5, 0.6) is 0 Å². The largest absolute Gasteiger partial charge is 0.338 e. The fourth-order valence-electron chi connectivity index (χ4n) is 4.10. The van der Waals surface area contributed by atoms with Crippen LogP contribution in [0.4, 0.5) is 5.95 Å². The van der Waals surface area contributed by atoms with Gasteiger partial charge in [0.1, 0.15) is 0 Å². The molecule has 9 nitrogen and oxygen atoms in total. The minimum Gasteiger partial charge on any atom is -0.338 e. The highest BCUT2D eigenvalue weighted by molar-refractivity contribution is 5.32. The Morgan fingerprint density at radius 1 is 0.968 bits per heavy atom. The van der Waals surface area contributed by atoms with Gasteiger partial charge in [-0.15, -0.1) is 5.10 Å². The van der Waals surface area contributed by atoms with Crippen molar-refractivity contribution in [1.82, 2.24) is 34.4 Å². The average molecular weight is 421 g/mol. The van der Waals surface area contributed by atoms with Gasteiger partial charge in [-0.05, 0) is 50.3 Å². The Hall–Kier alpha value is -3.07. The van der Waals surface area contributed by atoms with Crippen molar-refractivity contribution in [3.8, 4) is 5.82 Å². The number of aryl methyl sites for hydroxylation is 2. The van der Waals surface area contributed by atoms with Crippen LogP contribution in [0, 0.1) is 13.8 Å². The summed E-state index contributed by atoms with van der Waals surface area (Å²) in [6.45, 7) is 8.87. The van der Waals surface area contributed by atoms with Gasteiger partial charge in [-0.25, -0.2) is 19.3 Å². The summed E-state index contributed by atoms with van der Waals surface area (Å²) in [5.41, 5.74) is 3.11. The molecule has 3 aromatic rings. The maximum atomic E-state index is 12.3. The molecule has 0 amide bonds. The van der Waals surface area contributed by atoms with E-state index in [0.29, 0.717) is 18.3 Å². The van der Waals surface area contributed by atoms with Crippen LogP contribution in [-0.2, 0) is 6.54 Å². The molecular formula is C22H28N8O. The summed E-state index contributed by atoms with van der Waals surface area (Å²) in [4.78, 5) is 26.1. The Morgan fingerprint density at radius 3 is 2.35 bits per heavy atom. The maximum absolute atomic E-state index is 12.3. The average Bonchev–Trinajstić information content (AvgIpc) is 3.58. The van der Waals surface area contributed by atoms with Gasteiger partial charge in [0, 0.05) is 56.9 Å². The lowest BCUT2D eigenvalue weighted by Crippen LogP contribution is -2.48. The lowest BCUT2D eigenvalue weighted by Gasteiger charge is -2.34. The highest BCUT2D eigenvalue weighted by Crippen LogP contribution is 2.39. The molecule has 0 aromatic carbocycles. The molecular weight excluding hydrogens is 392 g/mol. The molecule has 4 heterocycles. The summed E-state index contributed by atoms with van der Waals surface area (Å²) in [7, 11) is 0. The second kappa shape index (κ2) is 8.22. The standard InChI is InChI=1S/C22H28N8O/c1-16-13-17(2)30(25-16)20-5-6-21(31)29(26-20)12-9-27-7-10-28(11-8-27)22-23-14-19(15-24-22)18-3-4-18/h5-6,13-15,18H,3-4,7-12H2,1-2H3. The van der Waals surface area contributed by atoms with Crippen molar-refractivity contribution in [3.05, 3.63) is 57.9 Å². The second-order valence-corrected chi connectivity index (χ2v) is 8.51. The summed E-state index contributed by atoms with van der Waals surface area (Å²) < 4.78 is 3.32. The van der Waals surface area contributed by atoms with Gasteiger partial charge in [0.25, 0.3) is 5.56 Å². The van der Waals surface area contributed by atoms with E-state index in [-0.39, 0.29) is 5.56 Å². The number of aromatic nitrogens is 6. The van der Waals surface area contributed by atoms with Gasteiger partial charge in [-0.3, -0.25) is 9.69 Å². The number of hydrogen-bond donors (Lipinski definition) is 0. The van der Waals surface area contributed by atoms with E-state index in [4.69, 9.17) is 0 Å². The third kappa shape index (κ3) is 4.36. The fraction of sp³-hybridized carbons (Fsp3) is 0.500. The summed E-state index contributed by atoms with van der Waals surface area (Å²) in [5.74, 6) is 2.17. The van der Waals surface area contributed by atoms with E-state index < -0.39 is 0 Å². The number of anilines is 1. The number of rotatable bonds is 6. The molecule has 9 heteroatoms. The Balaban J connectivity index is 1.18. The predicted molar refractivity (Wildman–Crippen MR) is 118 cm³/mol. The van der Waals surface area contributed by atoms with Gasteiger partial charge in [-0.1, -0.05) is 0 Å². The number of piperazine rings is 1. The Morgan fingerprint density at radius 2 is 1.71 bits per heavy atom. The summed E-state index contributed by atoms with van der Waals surface area (Å²) in [6, 6.07) is 5.30. The first kappa shape index (κ1) is 19.9. The lowest BCUT2D eigenvalue weighted by atomic mass is 10.2. The zero-order valence-corrected chi connectivity index (χ0v) is 18.1. The van der Waals surface area contributed by atoms with E-state index in [9.17, 15) is 4.79 Å². The van der Waals surface area contributed by atoms with Crippen molar-refractivity contribution < 1.29 is 0 Å². The topological polar surface area (TPSA) is 85.0 Å². The van der Waals surface area contributed by atoms with Crippen LogP contribution in [0.15, 0.2) is 35.4 Å². The van der Waals surface area contributed by atoms with E-state index in [0.717, 1.165) is 50.1 Å². The minimum atomic E-state index is -0.0898. The van der Waals surface area contributed by atoms with Crippen molar-refractivity contribution in [2.75, 3.05) is 37.6 Å². The molecule has 2 fully saturated rings. The van der Waals surface area contributed by atoms with Gasteiger partial charge < -0.3 is 4.90 Å². The summed E-state index contributed by atoms with van der Waals surface area (Å²) >= 11 is 0. The zero-order chi connectivity index (χ0) is 21.4. The monoisotopic (exact) mass is 420 g/mol. The number of hydrogen-bond acceptors (Lipinski definition) is 7. The molecule has 1 saturated heterocycles. The summed E-state index contributed by atoms with van der Waals surface area (Å²) in [5, 5.41) is 9.01. The van der Waals surface area contributed by atoms with E-state index >= 15 is 0 Å². The van der Waals surface area contributed by atoms with Crippen LogP contribution >= 0.6 is 0 Å². The molecule has 5 rings (SSSR count). The molecule has 31 heavy (non-hydrogen) atoms. The molecule has 0 atom stereocenters. The van der Waals surface area contributed by atoms with Gasteiger partial charge in [0.05, 0.1) is 12.2 Å². The second-order valence-electron chi connectivity index (χ2n) is 8.51. The summed E-state index contributed by atoms with van der Waals surface area (Å²) in [6.07, 6.45) is 6.51. The Labute approximate surface area is 181 Å². The van der Waals surface area contributed by atoms with Crippen LogP contribution < -0.4 is 10.5 Å². The first-order chi connectivity index (χ1) is 15.1. The minimum absolute atomic E-state index is 0.0898. The van der Waals surface area contributed by atoms with Crippen molar-refractivity contribution in [2.24, 2.45) is 0 Å². The van der Waals surface area contributed by atoms with Crippen LogP contribution in [0.1, 0.15) is 35.7 Å². The lowest BCUT2D eigenvalue weighted by molar-refractivity contribution is 0.241. The Bertz CT molecular complexity index is 1110. The van der Waals surface area contributed by atoms with Crippen molar-refractivity contribution in [2.45, 2.75) is 39.2 Å². The molecule has 1 aliphatic carbocycles. The Kier molecular flexibility index (Phi) is 5.27. The first-order valence-electron chi connectivity index (χ1n) is 11.0. The van der Waals surface area contributed by atoms with Crippen LogP contribution in [-0.4, -0.2) is 67.2 Å². The molecule has 1 saturated carbocycles. The van der Waals surface area contributed by atoms with E-state index in [2.05, 4.69) is 30.0 Å². The maximum Gasteiger partial charge on any atom is 0.266 e. The molecule has 0 N–H and O–H groups in total. The first-order valence-corrected chi connectivity index (χ1v) is 11.0. The molecule has 0 bridgehead atoms. The van der Waals surface area contributed by atoms with Crippen molar-refractivity contribution in [3.63, 3.8) is 0 Å². The highest BCUT2D eigenvalue weighted by Gasteiger charge is 2.25. The highest BCUT2D eigenvalue weighted by atomic mass is 16.1. The van der Waals surface area contributed by atoms with E-state index in [1.54, 1.807) is 16.8 Å². The third-order valence-electron chi connectivity index (χ3n) is 6.07. The van der Waals surface area contributed by atoms with Crippen molar-refractivity contribution >= 4 is 5.95 Å². The van der Waals surface area contributed by atoms with Crippen molar-refractivity contribution in [1.29, 1.82) is 0 Å². The molecule has 0 unspecified atom stereocenters. The third-order valence-corrected chi connectivity index (χ3v) is 6.07. The smallest absolute Gasteiger partial charge is 0.266 e. The molecule has 1 aliphatic heterocycles. The van der Waals surface area contributed by atoms with E-state index in [1.165, 1.54) is 23.1 Å². The van der Waals surface area contributed by atoms with Crippen LogP contribution in [0.3, 0.4) is 0 Å².